The number of aromatic amines is 2. The second-order valence-electron chi connectivity index (χ2n) is 4.29. The standard InChI is InChI=1S/C14H8Br2N2O2/c15-8-3-1-7(2-4-8)13(19)9-5-11-12(6-10(9)16)18-14(20)17-11/h1-6H,(H2,17,18,20). The molecule has 0 saturated heterocycles. The van der Waals surface area contributed by atoms with E-state index in [0.29, 0.717) is 26.6 Å². The van der Waals surface area contributed by atoms with Gasteiger partial charge in [0.25, 0.3) is 0 Å². The van der Waals surface area contributed by atoms with Crippen molar-refractivity contribution in [2.75, 3.05) is 0 Å². The van der Waals surface area contributed by atoms with Crippen LogP contribution in [0.5, 0.6) is 0 Å². The molecule has 3 rings (SSSR count). The fourth-order valence-corrected chi connectivity index (χ4v) is 2.77. The summed E-state index contributed by atoms with van der Waals surface area (Å²) >= 11 is 6.71. The molecule has 0 amide bonds. The molecule has 6 heteroatoms. The highest BCUT2D eigenvalue weighted by Gasteiger charge is 2.14. The highest BCUT2D eigenvalue weighted by molar-refractivity contribution is 9.10. The van der Waals surface area contributed by atoms with E-state index in [0.717, 1.165) is 4.47 Å². The molecule has 0 aliphatic carbocycles. The SMILES string of the molecule is O=C(c1ccc(Br)cc1)c1cc2[nH]c(=O)[nH]c2cc1Br. The molecule has 0 bridgehead atoms. The Labute approximate surface area is 130 Å². The summed E-state index contributed by atoms with van der Waals surface area (Å²) in [5, 5.41) is 0. The Morgan fingerprint density at radius 1 is 0.950 bits per heavy atom. The number of H-pyrrole nitrogens is 2. The minimum Gasteiger partial charge on any atom is -0.306 e. The van der Waals surface area contributed by atoms with Crippen molar-refractivity contribution in [3.8, 4) is 0 Å². The maximum atomic E-state index is 12.5. The van der Waals surface area contributed by atoms with Crippen LogP contribution < -0.4 is 5.69 Å². The Balaban J connectivity index is 2.13. The number of hydrogen-bond donors (Lipinski definition) is 2. The van der Waals surface area contributed by atoms with Crippen molar-refractivity contribution in [1.29, 1.82) is 0 Å². The van der Waals surface area contributed by atoms with Crippen molar-refractivity contribution in [1.82, 2.24) is 9.97 Å². The third-order valence-corrected chi connectivity index (χ3v) is 4.14. The molecule has 3 aromatic rings. The number of carbonyl (C=O) groups excluding carboxylic acids is 1. The molecule has 0 saturated carbocycles. The van der Waals surface area contributed by atoms with Crippen LogP contribution in [0.25, 0.3) is 11.0 Å². The number of nitrogens with one attached hydrogen (secondary N) is 2. The zero-order valence-corrected chi connectivity index (χ0v) is 13.2. The normalized spacial score (nSPS) is 10.9. The van der Waals surface area contributed by atoms with E-state index in [9.17, 15) is 9.59 Å². The molecular formula is C14H8Br2N2O2. The van der Waals surface area contributed by atoms with Crippen LogP contribution in [0.2, 0.25) is 0 Å². The predicted octanol–water partition coefficient (Wildman–Crippen LogP) is 3.61. The lowest BCUT2D eigenvalue weighted by atomic mass is 10.0. The first-order valence-electron chi connectivity index (χ1n) is 5.76. The average molecular weight is 396 g/mol. The number of halogens is 2. The van der Waals surface area contributed by atoms with Gasteiger partial charge in [0.15, 0.2) is 5.78 Å². The number of aromatic nitrogens is 2. The first kappa shape index (κ1) is 13.3. The van der Waals surface area contributed by atoms with Crippen LogP contribution in [0, 0.1) is 0 Å². The first-order chi connectivity index (χ1) is 9.54. The number of ketones is 1. The first-order valence-corrected chi connectivity index (χ1v) is 7.35. The summed E-state index contributed by atoms with van der Waals surface area (Å²) in [5.41, 5.74) is 2.08. The number of carbonyl (C=O) groups is 1. The summed E-state index contributed by atoms with van der Waals surface area (Å²) in [6, 6.07) is 10.5. The summed E-state index contributed by atoms with van der Waals surface area (Å²) in [6.07, 6.45) is 0. The topological polar surface area (TPSA) is 65.7 Å². The third kappa shape index (κ3) is 2.36. The van der Waals surface area contributed by atoms with Gasteiger partial charge < -0.3 is 9.97 Å². The van der Waals surface area contributed by atoms with Crippen molar-refractivity contribution in [2.24, 2.45) is 0 Å². The molecule has 2 N–H and O–H groups in total. The van der Waals surface area contributed by atoms with E-state index < -0.39 is 0 Å². The summed E-state index contributed by atoms with van der Waals surface area (Å²) in [5.74, 6) is -0.103. The number of imidazole rings is 1. The van der Waals surface area contributed by atoms with E-state index in [1.807, 2.05) is 12.1 Å². The van der Waals surface area contributed by atoms with Gasteiger partial charge in [-0.05, 0) is 52.3 Å². The lowest BCUT2D eigenvalue weighted by Crippen LogP contribution is -2.02. The van der Waals surface area contributed by atoms with E-state index in [2.05, 4.69) is 41.8 Å². The summed E-state index contributed by atoms with van der Waals surface area (Å²) < 4.78 is 1.56. The summed E-state index contributed by atoms with van der Waals surface area (Å²) in [4.78, 5) is 29.1. The minimum atomic E-state index is -0.292. The molecule has 2 aromatic carbocycles. The van der Waals surface area contributed by atoms with Crippen LogP contribution in [-0.2, 0) is 0 Å². The maximum absolute atomic E-state index is 12.5. The van der Waals surface area contributed by atoms with Crippen LogP contribution in [0.4, 0.5) is 0 Å². The van der Waals surface area contributed by atoms with Gasteiger partial charge in [0.2, 0.25) is 0 Å². The van der Waals surface area contributed by atoms with Crippen molar-refractivity contribution < 1.29 is 4.79 Å². The largest absolute Gasteiger partial charge is 0.323 e. The van der Waals surface area contributed by atoms with Gasteiger partial charge in [-0.3, -0.25) is 4.79 Å². The average Bonchev–Trinajstić information content (AvgIpc) is 2.77. The monoisotopic (exact) mass is 394 g/mol. The molecule has 4 nitrogen and oxygen atoms in total. The van der Waals surface area contributed by atoms with E-state index in [-0.39, 0.29) is 11.5 Å². The Morgan fingerprint density at radius 3 is 2.20 bits per heavy atom. The van der Waals surface area contributed by atoms with E-state index in [1.54, 1.807) is 24.3 Å². The molecule has 100 valence electrons. The second-order valence-corrected chi connectivity index (χ2v) is 6.06. The highest BCUT2D eigenvalue weighted by Crippen LogP contribution is 2.24. The van der Waals surface area contributed by atoms with Gasteiger partial charge in [0.1, 0.15) is 0 Å². The van der Waals surface area contributed by atoms with Crippen LogP contribution in [0.1, 0.15) is 15.9 Å². The molecule has 0 spiro atoms. The van der Waals surface area contributed by atoms with Crippen LogP contribution in [-0.4, -0.2) is 15.8 Å². The lowest BCUT2D eigenvalue weighted by molar-refractivity contribution is 0.103. The number of rotatable bonds is 2. The molecule has 0 aliphatic heterocycles. The lowest BCUT2D eigenvalue weighted by Gasteiger charge is -2.04. The second kappa shape index (κ2) is 5.03. The molecule has 0 unspecified atom stereocenters. The van der Waals surface area contributed by atoms with E-state index >= 15 is 0 Å². The third-order valence-electron chi connectivity index (χ3n) is 2.95. The molecule has 1 aromatic heterocycles. The van der Waals surface area contributed by atoms with Gasteiger partial charge in [-0.15, -0.1) is 0 Å². The molecule has 1 heterocycles. The van der Waals surface area contributed by atoms with Crippen molar-refractivity contribution in [3.05, 3.63) is 67.0 Å². The van der Waals surface area contributed by atoms with Gasteiger partial charge in [0, 0.05) is 20.1 Å². The van der Waals surface area contributed by atoms with Gasteiger partial charge in [-0.25, -0.2) is 4.79 Å². The van der Waals surface area contributed by atoms with Crippen molar-refractivity contribution >= 4 is 48.7 Å². The molecule has 0 atom stereocenters. The van der Waals surface area contributed by atoms with Crippen LogP contribution >= 0.6 is 31.9 Å². The molecule has 0 fully saturated rings. The Hall–Kier alpha value is -1.66. The number of fused-ring (bicyclic) bond motifs is 1. The Bertz CT molecular complexity index is 863. The Morgan fingerprint density at radius 2 is 1.55 bits per heavy atom. The van der Waals surface area contributed by atoms with Gasteiger partial charge in [-0.1, -0.05) is 15.9 Å². The summed E-state index contributed by atoms with van der Waals surface area (Å²) in [7, 11) is 0. The minimum absolute atomic E-state index is 0.103. The number of hydrogen-bond acceptors (Lipinski definition) is 2. The number of benzene rings is 2. The van der Waals surface area contributed by atoms with Crippen LogP contribution in [0.15, 0.2) is 50.1 Å². The van der Waals surface area contributed by atoms with E-state index in [4.69, 9.17) is 0 Å². The quantitative estimate of drug-likeness (QED) is 0.651. The van der Waals surface area contributed by atoms with Gasteiger partial charge in [-0.2, -0.15) is 0 Å². The highest BCUT2D eigenvalue weighted by atomic mass is 79.9. The van der Waals surface area contributed by atoms with Crippen molar-refractivity contribution in [2.45, 2.75) is 0 Å². The molecule has 0 radical (unpaired) electrons. The zero-order valence-electron chi connectivity index (χ0n) is 10.0. The summed E-state index contributed by atoms with van der Waals surface area (Å²) in [6.45, 7) is 0. The van der Waals surface area contributed by atoms with Crippen LogP contribution in [0.3, 0.4) is 0 Å². The molecule has 20 heavy (non-hydrogen) atoms. The fourth-order valence-electron chi connectivity index (χ4n) is 1.99. The molecular weight excluding hydrogens is 388 g/mol. The smallest absolute Gasteiger partial charge is 0.306 e. The van der Waals surface area contributed by atoms with Gasteiger partial charge >= 0.3 is 5.69 Å². The van der Waals surface area contributed by atoms with E-state index in [1.165, 1.54) is 0 Å². The van der Waals surface area contributed by atoms with Crippen molar-refractivity contribution in [3.63, 3.8) is 0 Å². The predicted molar refractivity (Wildman–Crippen MR) is 84.2 cm³/mol. The molecule has 0 aliphatic rings. The fraction of sp³-hybridized carbons (Fsp3) is 0. The zero-order chi connectivity index (χ0) is 14.3. The Kier molecular flexibility index (Phi) is 3.35. The van der Waals surface area contributed by atoms with Gasteiger partial charge in [0.05, 0.1) is 11.0 Å². The maximum Gasteiger partial charge on any atom is 0.323 e.